The number of primary amides is 1. The first-order valence-corrected chi connectivity index (χ1v) is 4.24. The van der Waals surface area contributed by atoms with Crippen molar-refractivity contribution in [2.75, 3.05) is 11.9 Å². The number of pyridine rings is 1. The molecular formula is C9H11N3O3. The number of carboxylic acid groups (broad SMARTS) is 1. The van der Waals surface area contributed by atoms with Crippen LogP contribution in [0.3, 0.4) is 0 Å². The lowest BCUT2D eigenvalue weighted by molar-refractivity contribution is -0.116. The molecule has 80 valence electrons. The Morgan fingerprint density at radius 2 is 2.20 bits per heavy atom. The molecule has 0 spiro atoms. The molecule has 0 aliphatic rings. The minimum atomic E-state index is -1.03. The first kappa shape index (κ1) is 11.0. The van der Waals surface area contributed by atoms with Crippen LogP contribution >= 0.6 is 0 Å². The number of rotatable bonds is 4. The summed E-state index contributed by atoms with van der Waals surface area (Å²) in [5.74, 6) is -1.10. The largest absolute Gasteiger partial charge is 0.478 e. The Hall–Kier alpha value is -2.11. The van der Waals surface area contributed by atoms with Gasteiger partial charge >= 0.3 is 5.97 Å². The van der Waals surface area contributed by atoms with E-state index in [1.54, 1.807) is 6.92 Å². The number of anilines is 1. The summed E-state index contributed by atoms with van der Waals surface area (Å²) in [7, 11) is 0. The Bertz CT molecular complexity index is 404. The van der Waals surface area contributed by atoms with Crippen LogP contribution in [0.2, 0.25) is 0 Å². The molecule has 1 aromatic heterocycles. The molecular weight excluding hydrogens is 198 g/mol. The predicted octanol–water partition coefficient (Wildman–Crippen LogP) is -0.0146. The van der Waals surface area contributed by atoms with Gasteiger partial charge in [-0.3, -0.25) is 4.79 Å². The van der Waals surface area contributed by atoms with Crippen LogP contribution in [0.1, 0.15) is 16.1 Å². The molecule has 0 unspecified atom stereocenters. The van der Waals surface area contributed by atoms with E-state index in [1.165, 1.54) is 12.1 Å². The highest BCUT2D eigenvalue weighted by molar-refractivity contribution is 5.89. The minimum absolute atomic E-state index is 0.0289. The van der Waals surface area contributed by atoms with Crippen LogP contribution in [0.5, 0.6) is 0 Å². The van der Waals surface area contributed by atoms with Crippen molar-refractivity contribution in [3.05, 3.63) is 23.4 Å². The molecule has 0 aromatic carbocycles. The van der Waals surface area contributed by atoms with Crippen molar-refractivity contribution in [3.8, 4) is 0 Å². The highest BCUT2D eigenvalue weighted by atomic mass is 16.4. The van der Waals surface area contributed by atoms with E-state index < -0.39 is 11.9 Å². The number of amides is 1. The zero-order chi connectivity index (χ0) is 11.4. The minimum Gasteiger partial charge on any atom is -0.478 e. The molecule has 0 saturated carbocycles. The van der Waals surface area contributed by atoms with Gasteiger partial charge in [0.05, 0.1) is 17.8 Å². The van der Waals surface area contributed by atoms with E-state index in [9.17, 15) is 9.59 Å². The highest BCUT2D eigenvalue weighted by Gasteiger charge is 2.08. The van der Waals surface area contributed by atoms with Gasteiger partial charge in [0.2, 0.25) is 5.91 Å². The van der Waals surface area contributed by atoms with E-state index in [2.05, 4.69) is 10.3 Å². The van der Waals surface area contributed by atoms with E-state index >= 15 is 0 Å². The maximum Gasteiger partial charge on any atom is 0.337 e. The monoisotopic (exact) mass is 209 g/mol. The van der Waals surface area contributed by atoms with Crippen molar-refractivity contribution in [1.29, 1.82) is 0 Å². The zero-order valence-corrected chi connectivity index (χ0v) is 8.15. The molecule has 0 bridgehead atoms. The molecule has 15 heavy (non-hydrogen) atoms. The fraction of sp³-hybridized carbons (Fsp3) is 0.222. The molecule has 1 amide bonds. The Balaban J connectivity index is 2.82. The van der Waals surface area contributed by atoms with Crippen LogP contribution in [-0.2, 0) is 4.79 Å². The van der Waals surface area contributed by atoms with Crippen LogP contribution < -0.4 is 11.1 Å². The second-order valence-electron chi connectivity index (χ2n) is 2.95. The molecule has 0 fully saturated rings. The van der Waals surface area contributed by atoms with Gasteiger partial charge in [0, 0.05) is 0 Å². The van der Waals surface area contributed by atoms with Crippen molar-refractivity contribution in [2.24, 2.45) is 5.73 Å². The van der Waals surface area contributed by atoms with Gasteiger partial charge in [0.1, 0.15) is 5.82 Å². The van der Waals surface area contributed by atoms with Gasteiger partial charge in [0.15, 0.2) is 0 Å². The number of aromatic carboxylic acids is 1. The number of aromatic nitrogens is 1. The Labute approximate surface area is 86.1 Å². The molecule has 4 N–H and O–H groups in total. The maximum atomic E-state index is 10.7. The summed E-state index contributed by atoms with van der Waals surface area (Å²) < 4.78 is 0. The number of carboxylic acids is 1. The number of hydrogen-bond acceptors (Lipinski definition) is 4. The number of aryl methyl sites for hydroxylation is 1. The Morgan fingerprint density at radius 3 is 2.67 bits per heavy atom. The topological polar surface area (TPSA) is 105 Å². The van der Waals surface area contributed by atoms with Crippen LogP contribution in [-0.4, -0.2) is 28.5 Å². The molecule has 0 aliphatic carbocycles. The summed E-state index contributed by atoms with van der Waals surface area (Å²) in [6.07, 6.45) is 0. The van der Waals surface area contributed by atoms with Gasteiger partial charge in [-0.25, -0.2) is 9.78 Å². The summed E-state index contributed by atoms with van der Waals surface area (Å²) in [6.45, 7) is 1.55. The van der Waals surface area contributed by atoms with Crippen molar-refractivity contribution in [1.82, 2.24) is 4.98 Å². The van der Waals surface area contributed by atoms with Gasteiger partial charge in [0.25, 0.3) is 0 Å². The van der Waals surface area contributed by atoms with Crippen LogP contribution in [0, 0.1) is 6.92 Å². The summed E-state index contributed by atoms with van der Waals surface area (Å²) in [5, 5.41) is 11.4. The molecule has 0 radical (unpaired) electrons. The second kappa shape index (κ2) is 4.41. The SMILES string of the molecule is Cc1nc(NCC(N)=O)ccc1C(=O)O. The normalized spacial score (nSPS) is 9.67. The molecule has 1 rings (SSSR count). The Morgan fingerprint density at radius 1 is 1.53 bits per heavy atom. The quantitative estimate of drug-likeness (QED) is 0.646. The highest BCUT2D eigenvalue weighted by Crippen LogP contribution is 2.09. The van der Waals surface area contributed by atoms with Gasteiger partial charge in [-0.05, 0) is 19.1 Å². The lowest BCUT2D eigenvalue weighted by Crippen LogP contribution is -2.22. The van der Waals surface area contributed by atoms with E-state index in [-0.39, 0.29) is 12.1 Å². The van der Waals surface area contributed by atoms with Crippen LogP contribution in [0.15, 0.2) is 12.1 Å². The Kier molecular flexibility index (Phi) is 3.22. The lowest BCUT2D eigenvalue weighted by Gasteiger charge is -2.05. The zero-order valence-electron chi connectivity index (χ0n) is 8.15. The molecule has 1 aromatic rings. The number of nitrogens with zero attached hydrogens (tertiary/aromatic N) is 1. The van der Waals surface area contributed by atoms with E-state index in [0.717, 1.165) is 0 Å². The predicted molar refractivity (Wildman–Crippen MR) is 53.6 cm³/mol. The molecule has 6 nitrogen and oxygen atoms in total. The summed E-state index contributed by atoms with van der Waals surface area (Å²) >= 11 is 0. The lowest BCUT2D eigenvalue weighted by atomic mass is 10.2. The van der Waals surface area contributed by atoms with Gasteiger partial charge in [-0.2, -0.15) is 0 Å². The first-order valence-electron chi connectivity index (χ1n) is 4.24. The average Bonchev–Trinajstić information content (AvgIpc) is 2.14. The third kappa shape index (κ3) is 2.94. The van der Waals surface area contributed by atoms with Crippen LogP contribution in [0.4, 0.5) is 5.82 Å². The number of carbonyl (C=O) groups excluding carboxylic acids is 1. The van der Waals surface area contributed by atoms with Gasteiger partial charge < -0.3 is 16.2 Å². The second-order valence-corrected chi connectivity index (χ2v) is 2.95. The number of carbonyl (C=O) groups is 2. The maximum absolute atomic E-state index is 10.7. The first-order chi connectivity index (χ1) is 7.00. The van der Waals surface area contributed by atoms with Crippen molar-refractivity contribution in [3.63, 3.8) is 0 Å². The fourth-order valence-electron chi connectivity index (χ4n) is 1.06. The average molecular weight is 209 g/mol. The van der Waals surface area contributed by atoms with Gasteiger partial charge in [-0.1, -0.05) is 0 Å². The third-order valence-electron chi connectivity index (χ3n) is 1.76. The molecule has 1 heterocycles. The number of hydrogen-bond donors (Lipinski definition) is 3. The molecule has 6 heteroatoms. The standard InChI is InChI=1S/C9H11N3O3/c1-5-6(9(14)15)2-3-8(12-5)11-4-7(10)13/h2-3H,4H2,1H3,(H2,10,13)(H,11,12)(H,14,15). The third-order valence-corrected chi connectivity index (χ3v) is 1.76. The smallest absolute Gasteiger partial charge is 0.337 e. The molecule has 0 saturated heterocycles. The van der Waals surface area contributed by atoms with Crippen molar-refractivity contribution >= 4 is 17.7 Å². The van der Waals surface area contributed by atoms with E-state index in [1.807, 2.05) is 0 Å². The summed E-state index contributed by atoms with van der Waals surface area (Å²) in [5.41, 5.74) is 5.46. The van der Waals surface area contributed by atoms with Gasteiger partial charge in [-0.15, -0.1) is 0 Å². The van der Waals surface area contributed by atoms with Crippen molar-refractivity contribution in [2.45, 2.75) is 6.92 Å². The van der Waals surface area contributed by atoms with E-state index in [4.69, 9.17) is 10.8 Å². The summed E-state index contributed by atoms with van der Waals surface area (Å²) in [4.78, 5) is 25.1. The molecule has 0 aliphatic heterocycles. The van der Waals surface area contributed by atoms with E-state index in [0.29, 0.717) is 11.5 Å². The number of nitrogens with two attached hydrogens (primary N) is 1. The summed E-state index contributed by atoms with van der Waals surface area (Å²) in [6, 6.07) is 2.91. The number of nitrogens with one attached hydrogen (secondary N) is 1. The van der Waals surface area contributed by atoms with Crippen LogP contribution in [0.25, 0.3) is 0 Å². The van der Waals surface area contributed by atoms with Crippen molar-refractivity contribution < 1.29 is 14.7 Å². The fourth-order valence-corrected chi connectivity index (χ4v) is 1.06. The molecule has 0 atom stereocenters.